The third kappa shape index (κ3) is 4.51. The van der Waals surface area contributed by atoms with Crippen LogP contribution in [0.4, 0.5) is 5.69 Å². The number of hydrogen-bond donors (Lipinski definition) is 0. The van der Waals surface area contributed by atoms with Gasteiger partial charge < -0.3 is 4.90 Å². The van der Waals surface area contributed by atoms with Crippen LogP contribution in [0.25, 0.3) is 0 Å². The molecule has 2 rings (SSSR count). The molecule has 0 saturated heterocycles. The second-order valence-corrected chi connectivity index (χ2v) is 5.07. The first-order valence-corrected chi connectivity index (χ1v) is 7.29. The first-order chi connectivity index (χ1) is 11.1. The number of para-hydroxylation sites is 1. The molecule has 1 amide bonds. The Kier molecular flexibility index (Phi) is 5.63. The summed E-state index contributed by atoms with van der Waals surface area (Å²) in [6.07, 6.45) is 3.14. The molecule has 0 aromatic heterocycles. The lowest BCUT2D eigenvalue weighted by Crippen LogP contribution is -2.28. The zero-order valence-electron chi connectivity index (χ0n) is 12.9. The maximum absolute atomic E-state index is 12.3. The molecule has 0 heterocycles. The van der Waals surface area contributed by atoms with Gasteiger partial charge in [-0.2, -0.15) is 0 Å². The average molecular weight is 310 g/mol. The number of carbonyl (C=O) groups is 1. The lowest BCUT2D eigenvalue weighted by Gasteiger charge is -2.21. The van der Waals surface area contributed by atoms with Crippen LogP contribution in [0.15, 0.2) is 66.7 Å². The minimum Gasteiger partial charge on any atom is -0.330 e. The van der Waals surface area contributed by atoms with Gasteiger partial charge in [-0.15, -0.1) is 0 Å². The first-order valence-electron chi connectivity index (χ1n) is 7.29. The molecule has 5 heteroatoms. The topological polar surface area (TPSA) is 63.5 Å². The second-order valence-electron chi connectivity index (χ2n) is 5.07. The zero-order valence-corrected chi connectivity index (χ0v) is 12.9. The Labute approximate surface area is 135 Å². The van der Waals surface area contributed by atoms with Crippen molar-refractivity contribution in [3.8, 4) is 0 Å². The summed E-state index contributed by atoms with van der Waals surface area (Å²) in [4.78, 5) is 24.6. The number of carbonyl (C=O) groups excluding carboxylic acids is 1. The number of nitrogens with zero attached hydrogens (tertiary/aromatic N) is 2. The molecule has 0 aliphatic carbocycles. The quantitative estimate of drug-likeness (QED) is 0.464. The van der Waals surface area contributed by atoms with Gasteiger partial charge in [0, 0.05) is 18.2 Å². The third-order valence-corrected chi connectivity index (χ3v) is 3.39. The van der Waals surface area contributed by atoms with Crippen molar-refractivity contribution in [1.82, 2.24) is 4.90 Å². The van der Waals surface area contributed by atoms with E-state index in [-0.39, 0.29) is 18.1 Å². The first kappa shape index (κ1) is 16.4. The summed E-state index contributed by atoms with van der Waals surface area (Å²) in [5, 5.41) is 11.1. The van der Waals surface area contributed by atoms with Crippen LogP contribution in [0.2, 0.25) is 0 Å². The number of nitro benzene ring substituents is 1. The van der Waals surface area contributed by atoms with Gasteiger partial charge in [-0.3, -0.25) is 14.9 Å². The molecule has 0 fully saturated rings. The van der Waals surface area contributed by atoms with Crippen molar-refractivity contribution in [2.75, 3.05) is 0 Å². The van der Waals surface area contributed by atoms with Crippen molar-refractivity contribution < 1.29 is 9.72 Å². The van der Waals surface area contributed by atoms with Gasteiger partial charge in [0.2, 0.25) is 5.91 Å². The lowest BCUT2D eigenvalue weighted by molar-refractivity contribution is -0.385. The van der Waals surface area contributed by atoms with Crippen molar-refractivity contribution in [1.29, 1.82) is 0 Å². The predicted molar refractivity (Wildman–Crippen MR) is 88.6 cm³/mol. The van der Waals surface area contributed by atoms with E-state index in [1.807, 2.05) is 30.3 Å². The SMILES string of the molecule is C/C=C/C(=O)N(Cc1ccccc1)Cc1ccccc1[N+](=O)[O-]. The summed E-state index contributed by atoms with van der Waals surface area (Å²) in [6, 6.07) is 16.1. The number of hydrogen-bond acceptors (Lipinski definition) is 3. The van der Waals surface area contributed by atoms with Crippen molar-refractivity contribution in [2.24, 2.45) is 0 Å². The van der Waals surface area contributed by atoms with E-state index in [0.717, 1.165) is 5.56 Å². The second kappa shape index (κ2) is 7.89. The van der Waals surface area contributed by atoms with Crippen LogP contribution in [0.3, 0.4) is 0 Å². The van der Waals surface area contributed by atoms with Gasteiger partial charge in [-0.25, -0.2) is 0 Å². The van der Waals surface area contributed by atoms with Crippen molar-refractivity contribution in [3.63, 3.8) is 0 Å². The fraction of sp³-hybridized carbons (Fsp3) is 0.167. The molecule has 2 aromatic carbocycles. The number of nitro groups is 1. The summed E-state index contributed by atoms with van der Waals surface area (Å²) in [7, 11) is 0. The minimum atomic E-state index is -0.420. The maximum atomic E-state index is 12.3. The summed E-state index contributed by atoms with van der Waals surface area (Å²) in [5.74, 6) is -0.172. The highest BCUT2D eigenvalue weighted by molar-refractivity contribution is 5.87. The largest absolute Gasteiger partial charge is 0.330 e. The standard InChI is InChI=1S/C18H18N2O3/c1-2-8-18(21)19(13-15-9-4-3-5-10-15)14-16-11-6-7-12-17(16)20(22)23/h2-12H,13-14H2,1H3/b8-2+. The highest BCUT2D eigenvalue weighted by atomic mass is 16.6. The van der Waals surface area contributed by atoms with Gasteiger partial charge in [-0.05, 0) is 18.6 Å². The van der Waals surface area contributed by atoms with Crippen LogP contribution < -0.4 is 0 Å². The molecule has 5 nitrogen and oxygen atoms in total. The van der Waals surface area contributed by atoms with Gasteiger partial charge in [0.05, 0.1) is 11.5 Å². The van der Waals surface area contributed by atoms with Gasteiger partial charge in [-0.1, -0.05) is 54.6 Å². The highest BCUT2D eigenvalue weighted by Gasteiger charge is 2.18. The summed E-state index contributed by atoms with van der Waals surface area (Å²) in [5.41, 5.74) is 1.52. The smallest absolute Gasteiger partial charge is 0.274 e. The van der Waals surface area contributed by atoms with E-state index in [1.54, 1.807) is 36.1 Å². The van der Waals surface area contributed by atoms with Crippen LogP contribution in [0.1, 0.15) is 18.1 Å². The Morgan fingerprint density at radius 3 is 2.39 bits per heavy atom. The van der Waals surface area contributed by atoms with E-state index in [9.17, 15) is 14.9 Å². The molecule has 0 spiro atoms. The molecular formula is C18H18N2O3. The molecule has 0 bridgehead atoms. The molecule has 0 saturated carbocycles. The number of benzene rings is 2. The van der Waals surface area contributed by atoms with E-state index in [0.29, 0.717) is 12.1 Å². The Morgan fingerprint density at radius 2 is 1.74 bits per heavy atom. The number of allylic oxidation sites excluding steroid dienone is 1. The normalized spacial score (nSPS) is 10.7. The molecule has 118 valence electrons. The van der Waals surface area contributed by atoms with Gasteiger partial charge in [0.25, 0.3) is 5.69 Å². The number of amides is 1. The highest BCUT2D eigenvalue weighted by Crippen LogP contribution is 2.20. The average Bonchev–Trinajstić information content (AvgIpc) is 2.55. The van der Waals surface area contributed by atoms with Crippen LogP contribution in [-0.2, 0) is 17.9 Å². The van der Waals surface area contributed by atoms with E-state index in [2.05, 4.69) is 0 Å². The van der Waals surface area contributed by atoms with Crippen LogP contribution >= 0.6 is 0 Å². The third-order valence-electron chi connectivity index (χ3n) is 3.39. The van der Waals surface area contributed by atoms with Crippen molar-refractivity contribution in [2.45, 2.75) is 20.0 Å². The molecule has 2 aromatic rings. The molecule has 0 unspecified atom stereocenters. The molecule has 0 radical (unpaired) electrons. The lowest BCUT2D eigenvalue weighted by atomic mass is 10.1. The molecule has 23 heavy (non-hydrogen) atoms. The van der Waals surface area contributed by atoms with E-state index >= 15 is 0 Å². The van der Waals surface area contributed by atoms with Gasteiger partial charge in [0.1, 0.15) is 0 Å². The Balaban J connectivity index is 2.28. The Hall–Kier alpha value is -2.95. The molecule has 0 atom stereocenters. The van der Waals surface area contributed by atoms with Gasteiger partial charge in [0.15, 0.2) is 0 Å². The maximum Gasteiger partial charge on any atom is 0.274 e. The van der Waals surface area contributed by atoms with Crippen LogP contribution in [-0.4, -0.2) is 15.7 Å². The number of rotatable bonds is 6. The summed E-state index contributed by atoms with van der Waals surface area (Å²) in [6.45, 7) is 2.36. The molecule has 0 N–H and O–H groups in total. The summed E-state index contributed by atoms with van der Waals surface area (Å²) >= 11 is 0. The molecular weight excluding hydrogens is 292 g/mol. The fourth-order valence-corrected chi connectivity index (χ4v) is 2.29. The minimum absolute atomic E-state index is 0.0267. The van der Waals surface area contributed by atoms with E-state index in [1.165, 1.54) is 12.1 Å². The van der Waals surface area contributed by atoms with E-state index in [4.69, 9.17) is 0 Å². The summed E-state index contributed by atoms with van der Waals surface area (Å²) < 4.78 is 0. The predicted octanol–water partition coefficient (Wildman–Crippen LogP) is 3.70. The van der Waals surface area contributed by atoms with Gasteiger partial charge >= 0.3 is 0 Å². The molecule has 0 aliphatic rings. The van der Waals surface area contributed by atoms with Crippen molar-refractivity contribution >= 4 is 11.6 Å². The van der Waals surface area contributed by atoms with E-state index < -0.39 is 4.92 Å². The molecule has 0 aliphatic heterocycles. The van der Waals surface area contributed by atoms with Crippen LogP contribution in [0, 0.1) is 10.1 Å². The Bertz CT molecular complexity index is 711. The monoisotopic (exact) mass is 310 g/mol. The zero-order chi connectivity index (χ0) is 16.7. The van der Waals surface area contributed by atoms with Crippen LogP contribution in [0.5, 0.6) is 0 Å². The fourth-order valence-electron chi connectivity index (χ4n) is 2.29. The Morgan fingerprint density at radius 1 is 1.09 bits per heavy atom. The van der Waals surface area contributed by atoms with Crippen molar-refractivity contribution in [3.05, 3.63) is 88.0 Å².